The normalized spacial score (nSPS) is 29.4. The lowest BCUT2D eigenvalue weighted by Gasteiger charge is -2.34. The molecule has 3 heterocycles. The highest BCUT2D eigenvalue weighted by Crippen LogP contribution is 2.64. The molecule has 3 fully saturated rings. The molecule has 9 heteroatoms. The molecule has 3 saturated heterocycles. The van der Waals surface area contributed by atoms with E-state index in [-0.39, 0.29) is 24.3 Å². The summed E-state index contributed by atoms with van der Waals surface area (Å²) in [6.07, 6.45) is 3.71. The molecule has 2 bridgehead atoms. The molecule has 9 nitrogen and oxygen atoms in total. The van der Waals surface area contributed by atoms with Crippen molar-refractivity contribution in [2.24, 2.45) is 11.8 Å². The maximum Gasteiger partial charge on any atom is 0.250 e. The Bertz CT molecular complexity index is 1010. The largest absolute Gasteiger partial charge is 0.396 e. The third-order valence-corrected chi connectivity index (χ3v) is 8.83. The maximum absolute atomic E-state index is 14.0. The van der Waals surface area contributed by atoms with Gasteiger partial charge in [-0.25, -0.2) is 0 Å². The highest BCUT2D eigenvalue weighted by atomic mass is 16.5. The van der Waals surface area contributed by atoms with Gasteiger partial charge in [0.05, 0.1) is 17.4 Å². The first-order valence-corrected chi connectivity index (χ1v) is 14.4. The molecular formula is C29H44N4O5. The Labute approximate surface area is 226 Å². The van der Waals surface area contributed by atoms with E-state index >= 15 is 0 Å². The second kappa shape index (κ2) is 11.6. The van der Waals surface area contributed by atoms with Gasteiger partial charge in [-0.2, -0.15) is 0 Å². The van der Waals surface area contributed by atoms with Gasteiger partial charge in [0, 0.05) is 44.2 Å². The van der Waals surface area contributed by atoms with Gasteiger partial charge in [-0.05, 0) is 76.6 Å². The van der Waals surface area contributed by atoms with Crippen LogP contribution in [0.4, 0.5) is 11.4 Å². The Morgan fingerprint density at radius 2 is 1.79 bits per heavy atom. The predicted octanol–water partition coefficient (Wildman–Crippen LogP) is 2.92. The lowest BCUT2D eigenvalue weighted by molar-refractivity contribution is -0.146. The maximum atomic E-state index is 14.0. The number of ether oxygens (including phenoxy) is 1. The molecule has 0 aromatic heterocycles. The van der Waals surface area contributed by atoms with Crippen molar-refractivity contribution in [3.05, 3.63) is 24.3 Å². The van der Waals surface area contributed by atoms with E-state index in [9.17, 15) is 19.5 Å². The van der Waals surface area contributed by atoms with Crippen LogP contribution in [0, 0.1) is 11.8 Å². The summed E-state index contributed by atoms with van der Waals surface area (Å²) in [4.78, 5) is 45.2. The third-order valence-electron chi connectivity index (χ3n) is 8.83. The van der Waals surface area contributed by atoms with Crippen LogP contribution < -0.4 is 15.5 Å². The van der Waals surface area contributed by atoms with Crippen LogP contribution in [0.25, 0.3) is 0 Å². The second-order valence-electron chi connectivity index (χ2n) is 10.8. The monoisotopic (exact) mass is 528 g/mol. The molecular weight excluding hydrogens is 484 g/mol. The molecule has 0 aliphatic carbocycles. The molecule has 3 aliphatic rings. The smallest absolute Gasteiger partial charge is 0.250 e. The fourth-order valence-corrected chi connectivity index (χ4v) is 6.96. The van der Waals surface area contributed by atoms with Crippen molar-refractivity contribution in [2.45, 2.75) is 83.5 Å². The van der Waals surface area contributed by atoms with E-state index in [1.165, 1.54) is 0 Å². The van der Waals surface area contributed by atoms with Crippen LogP contribution in [0.1, 0.15) is 66.2 Å². The number of nitrogens with zero attached hydrogens (tertiary/aromatic N) is 2. The number of likely N-dealkylation sites (tertiary alicyclic amines) is 1. The average molecular weight is 529 g/mol. The third kappa shape index (κ3) is 4.68. The van der Waals surface area contributed by atoms with Crippen molar-refractivity contribution < 1.29 is 24.2 Å². The van der Waals surface area contributed by atoms with Gasteiger partial charge in [0.2, 0.25) is 17.7 Å². The number of anilines is 2. The molecule has 3 N–H and O–H groups in total. The number of hydrogen-bond donors (Lipinski definition) is 3. The van der Waals surface area contributed by atoms with E-state index in [0.717, 1.165) is 25.2 Å². The quantitative estimate of drug-likeness (QED) is 0.340. The van der Waals surface area contributed by atoms with Crippen LogP contribution in [0.3, 0.4) is 0 Å². The van der Waals surface area contributed by atoms with Crippen LogP contribution in [-0.2, 0) is 19.1 Å². The second-order valence-corrected chi connectivity index (χ2v) is 10.8. The van der Waals surface area contributed by atoms with E-state index in [2.05, 4.69) is 29.4 Å². The summed E-state index contributed by atoms with van der Waals surface area (Å²) < 4.78 is 6.75. The average Bonchev–Trinajstić information content (AvgIpc) is 3.52. The number of hydrogen-bond acceptors (Lipinski definition) is 6. The summed E-state index contributed by atoms with van der Waals surface area (Å²) in [7, 11) is 0. The zero-order valence-electron chi connectivity index (χ0n) is 23.3. The number of fused-ring (bicyclic) bond motifs is 1. The van der Waals surface area contributed by atoms with Gasteiger partial charge in [0.1, 0.15) is 11.6 Å². The molecule has 1 aromatic rings. The number of carbonyl (C=O) groups excluding carboxylic acids is 3. The van der Waals surface area contributed by atoms with Gasteiger partial charge < -0.3 is 30.3 Å². The van der Waals surface area contributed by atoms with E-state index < -0.39 is 29.1 Å². The van der Waals surface area contributed by atoms with Crippen molar-refractivity contribution >= 4 is 29.1 Å². The fraction of sp³-hybridized carbons (Fsp3) is 0.690. The molecule has 210 valence electrons. The molecule has 4 rings (SSSR count). The number of amides is 3. The van der Waals surface area contributed by atoms with Crippen molar-refractivity contribution in [1.29, 1.82) is 0 Å². The topological polar surface area (TPSA) is 111 Å². The Balaban J connectivity index is 1.65. The minimum atomic E-state index is -1.04. The summed E-state index contributed by atoms with van der Waals surface area (Å²) >= 11 is 0. The first-order chi connectivity index (χ1) is 18.3. The minimum Gasteiger partial charge on any atom is -0.396 e. The van der Waals surface area contributed by atoms with Gasteiger partial charge in [0.25, 0.3) is 0 Å². The lowest BCUT2D eigenvalue weighted by atomic mass is 9.65. The molecule has 38 heavy (non-hydrogen) atoms. The summed E-state index contributed by atoms with van der Waals surface area (Å²) in [6, 6.07) is 6.91. The molecule has 3 aliphatic heterocycles. The van der Waals surface area contributed by atoms with Crippen molar-refractivity contribution in [3.8, 4) is 0 Å². The summed E-state index contributed by atoms with van der Waals surface area (Å²) in [5.74, 6) is -1.94. The molecule has 1 aromatic carbocycles. The summed E-state index contributed by atoms with van der Waals surface area (Å²) in [5, 5.41) is 15.4. The Hall–Kier alpha value is -2.65. The molecule has 5 atom stereocenters. The number of unbranched alkanes of at least 4 members (excludes halogenated alkanes) is 1. The van der Waals surface area contributed by atoms with E-state index in [4.69, 9.17) is 4.74 Å². The van der Waals surface area contributed by atoms with E-state index in [0.29, 0.717) is 50.9 Å². The number of carbonyl (C=O) groups is 3. The number of aliphatic hydroxyl groups excluding tert-OH is 1. The number of rotatable bonds is 13. The van der Waals surface area contributed by atoms with E-state index in [1.54, 1.807) is 4.90 Å². The minimum absolute atomic E-state index is 0.0177. The summed E-state index contributed by atoms with van der Waals surface area (Å²) in [5.41, 5.74) is -0.0363. The van der Waals surface area contributed by atoms with Crippen LogP contribution in [0.2, 0.25) is 0 Å². The molecule has 3 amide bonds. The van der Waals surface area contributed by atoms with Gasteiger partial charge in [0.15, 0.2) is 0 Å². The fourth-order valence-electron chi connectivity index (χ4n) is 6.96. The van der Waals surface area contributed by atoms with E-state index in [1.807, 2.05) is 38.1 Å². The summed E-state index contributed by atoms with van der Waals surface area (Å²) in [6.45, 7) is 10.9. The van der Waals surface area contributed by atoms with Crippen molar-refractivity contribution in [3.63, 3.8) is 0 Å². The Morgan fingerprint density at radius 1 is 1.08 bits per heavy atom. The molecule has 0 saturated carbocycles. The highest BCUT2D eigenvalue weighted by Gasteiger charge is 2.78. The van der Waals surface area contributed by atoms with Crippen molar-refractivity contribution in [2.75, 3.05) is 43.0 Å². The van der Waals surface area contributed by atoms with Crippen LogP contribution in [-0.4, -0.2) is 77.8 Å². The first-order valence-electron chi connectivity index (χ1n) is 14.4. The van der Waals surface area contributed by atoms with Gasteiger partial charge in [-0.15, -0.1) is 0 Å². The SMILES string of the molecule is CCCNC(=O)[C@@H]1[C@H]2C(=O)N(CCCCO)C(C(=O)Nc3ccc(N(CC)CC)cc3)C23CC[C@@]1(CC)O3. The molecule has 2 unspecified atom stereocenters. The predicted molar refractivity (Wildman–Crippen MR) is 147 cm³/mol. The van der Waals surface area contributed by atoms with Gasteiger partial charge in [-0.3, -0.25) is 14.4 Å². The number of aliphatic hydroxyl groups is 1. The lowest BCUT2D eigenvalue weighted by Crippen LogP contribution is -2.53. The Morgan fingerprint density at radius 3 is 2.39 bits per heavy atom. The standard InChI is InChI=1S/C29H44N4O5/c1-5-17-30-25(35)22-23-27(37)33(18-9-10-19-34)24(29(23)16-15-28(22,6-2)38-29)26(36)31-20-11-13-21(14-12-20)32(7-3)8-4/h11-14,22-24,34H,5-10,15-19H2,1-4H3,(H,30,35)(H,31,36)/t22-,23-,24?,28+,29?/m0/s1. The van der Waals surface area contributed by atoms with Crippen molar-refractivity contribution in [1.82, 2.24) is 10.2 Å². The molecule has 0 radical (unpaired) electrons. The zero-order chi connectivity index (χ0) is 27.5. The zero-order valence-corrected chi connectivity index (χ0v) is 23.3. The first kappa shape index (κ1) is 28.4. The van der Waals surface area contributed by atoms with Gasteiger partial charge >= 0.3 is 0 Å². The van der Waals surface area contributed by atoms with Gasteiger partial charge in [-0.1, -0.05) is 13.8 Å². The van der Waals surface area contributed by atoms with Crippen LogP contribution in [0.15, 0.2) is 24.3 Å². The van der Waals surface area contributed by atoms with Crippen LogP contribution in [0.5, 0.6) is 0 Å². The number of nitrogens with one attached hydrogen (secondary N) is 2. The highest BCUT2D eigenvalue weighted by molar-refractivity contribution is 6.03. The number of benzene rings is 1. The van der Waals surface area contributed by atoms with Crippen LogP contribution >= 0.6 is 0 Å². The Kier molecular flexibility index (Phi) is 8.67. The molecule has 1 spiro atoms.